The van der Waals surface area contributed by atoms with Crippen LogP contribution in [0.15, 0.2) is 18.2 Å². The van der Waals surface area contributed by atoms with Gasteiger partial charge in [0.2, 0.25) is 0 Å². The number of nitrogens with two attached hydrogens (primary N) is 1. The molecule has 0 unspecified atom stereocenters. The van der Waals surface area contributed by atoms with Crippen LogP contribution in [0.5, 0.6) is 11.5 Å². The molecule has 0 aliphatic carbocycles. The second-order valence-electron chi connectivity index (χ2n) is 3.42. The van der Waals surface area contributed by atoms with Crippen LogP contribution in [-0.2, 0) is 6.42 Å². The first-order valence-corrected chi connectivity index (χ1v) is 6.84. The molecule has 0 spiro atoms. The van der Waals surface area contributed by atoms with Crippen molar-refractivity contribution in [3.05, 3.63) is 23.8 Å². The van der Waals surface area contributed by atoms with E-state index in [1.54, 1.807) is 19.2 Å². The minimum absolute atomic E-state index is 0.752. The molecule has 0 radical (unpaired) electrons. The van der Waals surface area contributed by atoms with Crippen LogP contribution in [0.1, 0.15) is 33.3 Å². The molecule has 0 fully saturated rings. The number of likely N-dealkylation sites (N-methyl/N-ethyl adjacent to an activating group) is 1. The molecule has 0 aliphatic rings. The van der Waals surface area contributed by atoms with Crippen LogP contribution in [0.2, 0.25) is 0 Å². The maximum atomic E-state index is 5.54. The summed E-state index contributed by atoms with van der Waals surface area (Å²) in [5.41, 5.74) is 1.19. The molecule has 19 heavy (non-hydrogen) atoms. The quantitative estimate of drug-likeness (QED) is 0.660. The van der Waals surface area contributed by atoms with Gasteiger partial charge in [-0.2, -0.15) is 0 Å². The molecule has 2 N–H and O–H groups in total. The Morgan fingerprint density at radius 1 is 1.00 bits per heavy atom. The number of hydrazine groups is 1. The van der Waals surface area contributed by atoms with E-state index in [0.717, 1.165) is 24.5 Å². The average molecular weight is 270 g/mol. The number of hydrogen-bond donors (Lipinski definition) is 1. The highest BCUT2D eigenvalue weighted by atomic mass is 16.5. The standard InChI is InChI=1S/C11H18N2O2.2C2H6/c1-13(12)7-6-9-4-5-10(14-2)11(8-9)15-3;2*1-2/h4-5,8H,6-7,12H2,1-3H3;2*1-2H3. The second-order valence-corrected chi connectivity index (χ2v) is 3.42. The maximum Gasteiger partial charge on any atom is 0.160 e. The lowest BCUT2D eigenvalue weighted by atomic mass is 10.1. The molecule has 0 aromatic heterocycles. The molecule has 1 rings (SSSR count). The van der Waals surface area contributed by atoms with Crippen molar-refractivity contribution in [3.8, 4) is 11.5 Å². The molecule has 0 amide bonds. The summed E-state index contributed by atoms with van der Waals surface area (Å²) in [5.74, 6) is 7.06. The Morgan fingerprint density at radius 2 is 1.53 bits per heavy atom. The summed E-state index contributed by atoms with van der Waals surface area (Å²) in [6.07, 6.45) is 0.896. The predicted octanol–water partition coefficient (Wildman–Crippen LogP) is 3.10. The van der Waals surface area contributed by atoms with Crippen molar-refractivity contribution >= 4 is 0 Å². The minimum Gasteiger partial charge on any atom is -0.493 e. The van der Waals surface area contributed by atoms with Crippen LogP contribution in [0, 0.1) is 0 Å². The maximum absolute atomic E-state index is 5.54. The molecular formula is C15H30N2O2. The SMILES string of the molecule is CC.CC.COc1ccc(CCN(C)N)cc1OC. The van der Waals surface area contributed by atoms with Gasteiger partial charge in [0.15, 0.2) is 11.5 Å². The summed E-state index contributed by atoms with van der Waals surface area (Å²) < 4.78 is 10.4. The van der Waals surface area contributed by atoms with Crippen LogP contribution in [0.4, 0.5) is 0 Å². The minimum atomic E-state index is 0.752. The Balaban J connectivity index is 0. The van der Waals surface area contributed by atoms with Gasteiger partial charge in [0.1, 0.15) is 0 Å². The highest BCUT2D eigenvalue weighted by molar-refractivity contribution is 5.42. The fourth-order valence-corrected chi connectivity index (χ4v) is 1.34. The molecule has 0 saturated carbocycles. The van der Waals surface area contributed by atoms with Crippen LogP contribution in [0.25, 0.3) is 0 Å². The summed E-state index contributed by atoms with van der Waals surface area (Å²) in [5, 5.41) is 1.66. The van der Waals surface area contributed by atoms with E-state index in [1.165, 1.54) is 5.56 Å². The molecule has 0 aliphatic heterocycles. The van der Waals surface area contributed by atoms with Gasteiger partial charge in [-0.1, -0.05) is 33.8 Å². The Morgan fingerprint density at radius 3 is 1.95 bits per heavy atom. The third-order valence-electron chi connectivity index (χ3n) is 2.20. The van der Waals surface area contributed by atoms with E-state index in [2.05, 4.69) is 0 Å². The molecule has 0 bridgehead atoms. The Kier molecular flexibility index (Phi) is 13.9. The summed E-state index contributed by atoms with van der Waals surface area (Å²) in [6, 6.07) is 5.90. The van der Waals surface area contributed by atoms with Gasteiger partial charge in [0, 0.05) is 13.6 Å². The monoisotopic (exact) mass is 270 g/mol. The lowest BCUT2D eigenvalue weighted by molar-refractivity contribution is 0.348. The smallest absolute Gasteiger partial charge is 0.160 e. The summed E-state index contributed by atoms with van der Waals surface area (Å²) >= 11 is 0. The zero-order valence-corrected chi connectivity index (χ0v) is 13.5. The third-order valence-corrected chi connectivity index (χ3v) is 2.20. The van der Waals surface area contributed by atoms with Gasteiger partial charge >= 0.3 is 0 Å². The number of hydrogen-bond acceptors (Lipinski definition) is 4. The molecule has 0 saturated heterocycles. The molecule has 1 aromatic carbocycles. The number of nitrogens with zero attached hydrogens (tertiary/aromatic N) is 1. The van der Waals surface area contributed by atoms with Gasteiger partial charge < -0.3 is 9.47 Å². The zero-order valence-electron chi connectivity index (χ0n) is 13.5. The van der Waals surface area contributed by atoms with Crippen molar-refractivity contribution in [2.75, 3.05) is 27.8 Å². The van der Waals surface area contributed by atoms with E-state index in [9.17, 15) is 0 Å². The Labute approximate surface area is 118 Å². The van der Waals surface area contributed by atoms with Crippen molar-refractivity contribution in [1.29, 1.82) is 0 Å². The first-order valence-electron chi connectivity index (χ1n) is 6.84. The summed E-state index contributed by atoms with van der Waals surface area (Å²) in [4.78, 5) is 0. The van der Waals surface area contributed by atoms with E-state index >= 15 is 0 Å². The van der Waals surface area contributed by atoms with Crippen molar-refractivity contribution in [3.63, 3.8) is 0 Å². The molecule has 112 valence electrons. The largest absolute Gasteiger partial charge is 0.493 e. The van der Waals surface area contributed by atoms with E-state index in [0.29, 0.717) is 0 Å². The molecular weight excluding hydrogens is 240 g/mol. The summed E-state index contributed by atoms with van der Waals surface area (Å²) in [7, 11) is 5.11. The normalized spacial score (nSPS) is 8.89. The van der Waals surface area contributed by atoms with E-state index in [4.69, 9.17) is 15.3 Å². The number of methoxy groups -OCH3 is 2. The topological polar surface area (TPSA) is 47.7 Å². The van der Waals surface area contributed by atoms with Gasteiger partial charge in [0.05, 0.1) is 14.2 Å². The molecule has 0 heterocycles. The van der Waals surface area contributed by atoms with Gasteiger partial charge in [0.25, 0.3) is 0 Å². The van der Waals surface area contributed by atoms with Crippen LogP contribution in [-0.4, -0.2) is 32.8 Å². The zero-order chi connectivity index (χ0) is 15.3. The van der Waals surface area contributed by atoms with Gasteiger partial charge in [-0.05, 0) is 24.1 Å². The van der Waals surface area contributed by atoms with Crippen molar-refractivity contribution in [1.82, 2.24) is 5.01 Å². The van der Waals surface area contributed by atoms with E-state index in [1.807, 2.05) is 52.9 Å². The highest BCUT2D eigenvalue weighted by Crippen LogP contribution is 2.27. The molecule has 4 heteroatoms. The number of ether oxygens (including phenoxy) is 2. The lowest BCUT2D eigenvalue weighted by Crippen LogP contribution is -2.28. The Hall–Kier alpha value is -1.26. The lowest BCUT2D eigenvalue weighted by Gasteiger charge is -2.11. The third kappa shape index (κ3) is 8.46. The fraction of sp³-hybridized carbons (Fsp3) is 0.600. The van der Waals surface area contributed by atoms with Crippen LogP contribution in [0.3, 0.4) is 0 Å². The molecule has 1 aromatic rings. The van der Waals surface area contributed by atoms with E-state index in [-0.39, 0.29) is 0 Å². The second kappa shape index (κ2) is 13.2. The average Bonchev–Trinajstić information content (AvgIpc) is 2.48. The van der Waals surface area contributed by atoms with Crippen LogP contribution >= 0.6 is 0 Å². The number of benzene rings is 1. The number of rotatable bonds is 5. The molecule has 4 nitrogen and oxygen atoms in total. The highest BCUT2D eigenvalue weighted by Gasteiger charge is 2.04. The van der Waals surface area contributed by atoms with E-state index < -0.39 is 0 Å². The van der Waals surface area contributed by atoms with Gasteiger partial charge in [-0.3, -0.25) is 5.84 Å². The molecule has 0 atom stereocenters. The fourth-order valence-electron chi connectivity index (χ4n) is 1.34. The predicted molar refractivity (Wildman–Crippen MR) is 82.8 cm³/mol. The van der Waals surface area contributed by atoms with Gasteiger partial charge in [-0.25, -0.2) is 5.01 Å². The Bertz CT molecular complexity index is 315. The summed E-state index contributed by atoms with van der Waals surface area (Å²) in [6.45, 7) is 8.81. The van der Waals surface area contributed by atoms with Gasteiger partial charge in [-0.15, -0.1) is 0 Å². The van der Waals surface area contributed by atoms with Crippen molar-refractivity contribution in [2.45, 2.75) is 34.1 Å². The van der Waals surface area contributed by atoms with Crippen LogP contribution < -0.4 is 15.3 Å². The first-order chi connectivity index (χ1) is 9.17. The van der Waals surface area contributed by atoms with Crippen molar-refractivity contribution < 1.29 is 9.47 Å². The first kappa shape index (κ1) is 20.1. The van der Waals surface area contributed by atoms with Crippen molar-refractivity contribution in [2.24, 2.45) is 5.84 Å².